The van der Waals surface area contributed by atoms with Gasteiger partial charge in [0.25, 0.3) is 0 Å². The first-order valence-corrected chi connectivity index (χ1v) is 12.9. The Hall–Kier alpha value is -2.77. The van der Waals surface area contributed by atoms with Crippen LogP contribution in [0, 0.1) is 5.92 Å². The Morgan fingerprint density at radius 2 is 2.11 bits per heavy atom. The smallest absolute Gasteiger partial charge is 0.246 e. The van der Waals surface area contributed by atoms with E-state index in [4.69, 9.17) is 9.15 Å². The zero-order valence-electron chi connectivity index (χ0n) is 20.0. The fourth-order valence-corrected chi connectivity index (χ4v) is 7.67. The number of nitrogens with zero attached hydrogens (tertiary/aromatic N) is 2. The predicted molar refractivity (Wildman–Crippen MR) is 129 cm³/mol. The van der Waals surface area contributed by atoms with Gasteiger partial charge in [0.2, 0.25) is 5.91 Å². The van der Waals surface area contributed by atoms with Crippen LogP contribution >= 0.6 is 0 Å². The van der Waals surface area contributed by atoms with Gasteiger partial charge in [-0.2, -0.15) is 0 Å². The summed E-state index contributed by atoms with van der Waals surface area (Å²) in [4.78, 5) is 17.5. The van der Waals surface area contributed by atoms with Crippen molar-refractivity contribution in [3.05, 3.63) is 53.5 Å². The van der Waals surface area contributed by atoms with Gasteiger partial charge in [-0.25, -0.2) is 0 Å². The van der Waals surface area contributed by atoms with Gasteiger partial charge in [0.1, 0.15) is 6.10 Å². The van der Waals surface area contributed by atoms with Gasteiger partial charge in [0.05, 0.1) is 29.6 Å². The molecule has 1 unspecified atom stereocenters. The van der Waals surface area contributed by atoms with Crippen LogP contribution in [0.1, 0.15) is 48.8 Å². The lowest BCUT2D eigenvalue weighted by atomic mass is 9.48. The maximum Gasteiger partial charge on any atom is 0.246 e. The molecule has 1 saturated heterocycles. The van der Waals surface area contributed by atoms with E-state index in [1.165, 1.54) is 18.4 Å². The van der Waals surface area contributed by atoms with Crippen molar-refractivity contribution in [3.8, 4) is 11.5 Å². The average Bonchev–Trinajstić information content (AvgIpc) is 3.36. The van der Waals surface area contributed by atoms with E-state index in [0.717, 1.165) is 43.0 Å². The number of hydrogen-bond donors (Lipinski definition) is 2. The van der Waals surface area contributed by atoms with Crippen molar-refractivity contribution in [1.29, 1.82) is 0 Å². The van der Waals surface area contributed by atoms with E-state index in [1.54, 1.807) is 35.6 Å². The maximum absolute atomic E-state index is 13.2. The normalized spacial score (nSPS) is 35.1. The zero-order valence-corrected chi connectivity index (χ0v) is 20.0. The van der Waals surface area contributed by atoms with Crippen LogP contribution in [-0.2, 0) is 16.6 Å². The molecule has 2 aliphatic heterocycles. The summed E-state index contributed by atoms with van der Waals surface area (Å²) < 4.78 is 11.7. The van der Waals surface area contributed by atoms with Gasteiger partial charge in [0, 0.05) is 36.8 Å². The number of benzene rings is 1. The van der Waals surface area contributed by atoms with Crippen LogP contribution in [-0.4, -0.2) is 69.8 Å². The first-order valence-electron chi connectivity index (χ1n) is 12.9. The lowest BCUT2D eigenvalue weighted by molar-refractivity contribution is -0.200. The van der Waals surface area contributed by atoms with Gasteiger partial charge in [-0.3, -0.25) is 9.69 Å². The van der Waals surface area contributed by atoms with E-state index in [2.05, 4.69) is 4.90 Å². The molecule has 2 bridgehead atoms. The molecule has 7 heteroatoms. The monoisotopic (exact) mass is 476 g/mol. The Labute approximate surface area is 205 Å². The van der Waals surface area contributed by atoms with Gasteiger partial charge in [-0.05, 0) is 74.8 Å². The number of ether oxygens (including phenoxy) is 1. The van der Waals surface area contributed by atoms with Gasteiger partial charge in [-0.1, -0.05) is 6.07 Å². The second-order valence-corrected chi connectivity index (χ2v) is 11.2. The van der Waals surface area contributed by atoms with Crippen LogP contribution in [0.25, 0.3) is 6.08 Å². The van der Waals surface area contributed by atoms with Gasteiger partial charge >= 0.3 is 0 Å². The standard InChI is InChI=1S/C28H32N2O5/c1-29(23(32)7-4-18-9-13-34-16-18)20-8-10-28(33)22-14-19-5-6-21(31)25-24(19)27(28,26(20)35-25)11-12-30(22)15-17-2-3-17/h4-7,9,13,16-17,20,22,26,31,33H,2-3,8,10-12,14-15H2,1H3/b7-4+/t20?,22-,26+,27+,28-/m1/s1. The highest BCUT2D eigenvalue weighted by atomic mass is 16.5. The number of amides is 1. The van der Waals surface area contributed by atoms with Crippen molar-refractivity contribution in [2.75, 3.05) is 20.1 Å². The second-order valence-electron chi connectivity index (χ2n) is 11.2. The summed E-state index contributed by atoms with van der Waals surface area (Å²) >= 11 is 0. The minimum atomic E-state index is -0.941. The third-order valence-electron chi connectivity index (χ3n) is 9.54. The molecule has 5 aliphatic rings. The molecule has 7 rings (SSSR count). The molecule has 3 heterocycles. The fraction of sp³-hybridized carbons (Fsp3) is 0.536. The molecule has 2 N–H and O–H groups in total. The van der Waals surface area contributed by atoms with Crippen LogP contribution in [0.2, 0.25) is 0 Å². The number of aromatic hydroxyl groups is 1. The minimum absolute atomic E-state index is 0.0360. The molecule has 7 nitrogen and oxygen atoms in total. The van der Waals surface area contributed by atoms with Gasteiger partial charge < -0.3 is 24.3 Å². The fourth-order valence-electron chi connectivity index (χ4n) is 7.67. The van der Waals surface area contributed by atoms with E-state index in [9.17, 15) is 15.0 Å². The SMILES string of the molecule is CN(C(=O)/C=C/c1ccoc1)C1CC[C@@]2(O)[C@H]3Cc4ccc(O)c5c4[C@@]2(CCN3CC2CC2)[C@H]1O5. The van der Waals surface area contributed by atoms with E-state index in [0.29, 0.717) is 18.6 Å². The molecule has 1 aromatic heterocycles. The number of carbonyl (C=O) groups is 1. The van der Waals surface area contributed by atoms with Gasteiger partial charge in [-0.15, -0.1) is 0 Å². The van der Waals surface area contributed by atoms with Crippen LogP contribution in [0.4, 0.5) is 0 Å². The van der Waals surface area contributed by atoms with Crippen LogP contribution in [0.3, 0.4) is 0 Å². The molecule has 184 valence electrons. The van der Waals surface area contributed by atoms with E-state index < -0.39 is 17.1 Å². The largest absolute Gasteiger partial charge is 0.504 e. The third-order valence-corrected chi connectivity index (χ3v) is 9.54. The average molecular weight is 477 g/mol. The summed E-state index contributed by atoms with van der Waals surface area (Å²) in [5.41, 5.74) is 1.44. The number of hydrogen-bond acceptors (Lipinski definition) is 6. The molecule has 1 spiro atoms. The molecular formula is C28H32N2O5. The molecule has 3 fully saturated rings. The summed E-state index contributed by atoms with van der Waals surface area (Å²) in [5, 5.41) is 23.3. The van der Waals surface area contributed by atoms with Crippen LogP contribution < -0.4 is 4.74 Å². The predicted octanol–water partition coefficient (Wildman–Crippen LogP) is 3.09. The lowest BCUT2D eigenvalue weighted by Gasteiger charge is -2.64. The summed E-state index contributed by atoms with van der Waals surface area (Å²) in [6, 6.07) is 5.38. The number of likely N-dealkylation sites (tertiary alicyclic amines) is 1. The van der Waals surface area contributed by atoms with E-state index in [-0.39, 0.29) is 23.7 Å². The Morgan fingerprint density at radius 1 is 1.26 bits per heavy atom. The number of aliphatic hydroxyl groups is 1. The quantitative estimate of drug-likeness (QED) is 0.645. The molecule has 2 saturated carbocycles. The highest BCUT2D eigenvalue weighted by Gasteiger charge is 2.73. The number of piperidine rings is 1. The van der Waals surface area contributed by atoms with Crippen molar-refractivity contribution in [1.82, 2.24) is 9.80 Å². The van der Waals surface area contributed by atoms with E-state index in [1.807, 2.05) is 19.2 Å². The third kappa shape index (κ3) is 2.88. The van der Waals surface area contributed by atoms with Crippen molar-refractivity contribution >= 4 is 12.0 Å². The van der Waals surface area contributed by atoms with Crippen LogP contribution in [0.15, 0.2) is 41.2 Å². The second kappa shape index (κ2) is 7.37. The first-order chi connectivity index (χ1) is 16.9. The Kier molecular flexibility index (Phi) is 4.53. The Morgan fingerprint density at radius 3 is 2.89 bits per heavy atom. The topological polar surface area (TPSA) is 86.4 Å². The summed E-state index contributed by atoms with van der Waals surface area (Å²) in [6.07, 6.45) is 11.5. The van der Waals surface area contributed by atoms with Gasteiger partial charge in [0.15, 0.2) is 11.5 Å². The van der Waals surface area contributed by atoms with Crippen molar-refractivity contribution in [2.45, 2.75) is 67.7 Å². The van der Waals surface area contributed by atoms with Crippen LogP contribution in [0.5, 0.6) is 11.5 Å². The first kappa shape index (κ1) is 21.5. The zero-order chi connectivity index (χ0) is 23.9. The molecule has 2 aromatic rings. The number of phenols is 1. The molecular weight excluding hydrogens is 444 g/mol. The highest BCUT2D eigenvalue weighted by molar-refractivity contribution is 5.91. The summed E-state index contributed by atoms with van der Waals surface area (Å²) in [7, 11) is 1.82. The summed E-state index contributed by atoms with van der Waals surface area (Å²) in [6.45, 7) is 1.96. The number of carbonyl (C=O) groups excluding carboxylic acids is 1. The maximum atomic E-state index is 13.2. The number of likely N-dealkylation sites (N-methyl/N-ethyl adjacent to an activating group) is 1. The Bertz CT molecular complexity index is 1200. The summed E-state index contributed by atoms with van der Waals surface area (Å²) in [5.74, 6) is 1.28. The van der Waals surface area contributed by atoms with Crippen molar-refractivity contribution < 1.29 is 24.2 Å². The molecule has 0 radical (unpaired) electrons. The number of phenolic OH excluding ortho intramolecular Hbond substituents is 1. The molecule has 1 aromatic carbocycles. The highest BCUT2D eigenvalue weighted by Crippen LogP contribution is 2.66. The molecule has 35 heavy (non-hydrogen) atoms. The number of rotatable bonds is 5. The number of furan rings is 1. The molecule has 1 amide bonds. The van der Waals surface area contributed by atoms with Crippen molar-refractivity contribution in [2.24, 2.45) is 5.92 Å². The lowest BCUT2D eigenvalue weighted by Crippen LogP contribution is -2.78. The Balaban J connectivity index is 1.28. The van der Waals surface area contributed by atoms with E-state index >= 15 is 0 Å². The van der Waals surface area contributed by atoms with Crippen molar-refractivity contribution in [3.63, 3.8) is 0 Å². The minimum Gasteiger partial charge on any atom is -0.504 e. The molecule has 3 aliphatic carbocycles. The molecule has 5 atom stereocenters.